The van der Waals surface area contributed by atoms with Crippen molar-refractivity contribution in [3.63, 3.8) is 0 Å². The Labute approximate surface area is 491 Å². The summed E-state index contributed by atoms with van der Waals surface area (Å²) in [6.07, 6.45) is 9.15. The lowest BCUT2D eigenvalue weighted by Crippen LogP contribution is -2.51. The molecule has 9 rings (SSSR count). The molecule has 3 heterocycles. The van der Waals surface area contributed by atoms with E-state index in [0.29, 0.717) is 59.6 Å². The minimum absolute atomic E-state index is 0.0142. The van der Waals surface area contributed by atoms with Crippen molar-refractivity contribution in [1.82, 2.24) is 29.9 Å². The van der Waals surface area contributed by atoms with E-state index >= 15 is 0 Å². The molecule has 3 unspecified atom stereocenters. The van der Waals surface area contributed by atoms with Gasteiger partial charge in [-0.05, 0) is 155 Å². The van der Waals surface area contributed by atoms with Gasteiger partial charge in [-0.15, -0.1) is 0 Å². The number of hydrogen-bond donors (Lipinski definition) is 8. The summed E-state index contributed by atoms with van der Waals surface area (Å²) in [5.41, 5.74) is 5.85. The van der Waals surface area contributed by atoms with E-state index in [1.807, 2.05) is 32.0 Å². The Hall–Kier alpha value is -7.08. The SMILES string of the molecule is Cc1ccc(S(=O)(=O)N2CCC[C@H]2C(=O)N[C@@H](Cc2ccc(NC(=O)C3CC4CCCCC4N3)cc2)C(=O)O)cc1.Cc1ccc(S(=O)(=O)N2CCC[C@H]2C(=O)N[C@@H](Cc2ccc(NC(=S)NCCCc3ccccc3)cc2)C(=O)O)cc1. The second kappa shape index (κ2) is 28.5. The van der Waals surface area contributed by atoms with Crippen LogP contribution in [0, 0.1) is 19.8 Å². The van der Waals surface area contributed by atoms with Crippen LogP contribution < -0.4 is 31.9 Å². The van der Waals surface area contributed by atoms with Crippen molar-refractivity contribution in [2.24, 2.45) is 5.92 Å². The van der Waals surface area contributed by atoms with Crippen molar-refractivity contribution in [3.05, 3.63) is 155 Å². The van der Waals surface area contributed by atoms with E-state index < -0.39 is 68.0 Å². The third-order valence-corrected chi connectivity index (χ3v) is 19.9. The molecule has 3 saturated heterocycles. The number of anilines is 2. The normalized spacial score (nSPS) is 20.6. The molecule has 1 saturated carbocycles. The zero-order chi connectivity index (χ0) is 59.3. The number of carbonyl (C=O) groups is 5. The summed E-state index contributed by atoms with van der Waals surface area (Å²) < 4.78 is 55.2. The Morgan fingerprint density at radius 1 is 0.578 bits per heavy atom. The molecule has 19 nitrogen and oxygen atoms in total. The Kier molecular flexibility index (Phi) is 21.3. The predicted octanol–water partition coefficient (Wildman–Crippen LogP) is 6.70. The number of aryl methyl sites for hydroxylation is 3. The highest BCUT2D eigenvalue weighted by Gasteiger charge is 2.43. The topological polar surface area (TPSA) is 273 Å². The van der Waals surface area contributed by atoms with E-state index in [1.165, 1.54) is 53.4 Å². The fraction of sp³-hybridized carbons (Fsp3) is 0.410. The first-order chi connectivity index (χ1) is 39.7. The van der Waals surface area contributed by atoms with Crippen molar-refractivity contribution < 1.29 is 51.0 Å². The van der Waals surface area contributed by atoms with Gasteiger partial charge in [0.25, 0.3) is 0 Å². The van der Waals surface area contributed by atoms with Crippen molar-refractivity contribution in [1.29, 1.82) is 0 Å². The van der Waals surface area contributed by atoms with Gasteiger partial charge in [-0.25, -0.2) is 26.4 Å². The van der Waals surface area contributed by atoms with Gasteiger partial charge >= 0.3 is 11.9 Å². The number of nitrogens with zero attached hydrogens (tertiary/aromatic N) is 2. The Morgan fingerprint density at radius 3 is 1.52 bits per heavy atom. The van der Waals surface area contributed by atoms with Crippen LogP contribution in [0.1, 0.15) is 92.0 Å². The third-order valence-electron chi connectivity index (χ3n) is 15.8. The second-order valence-electron chi connectivity index (χ2n) is 21.8. The lowest BCUT2D eigenvalue weighted by Gasteiger charge is -2.25. The van der Waals surface area contributed by atoms with Crippen LogP contribution in [0.4, 0.5) is 11.4 Å². The van der Waals surface area contributed by atoms with Crippen LogP contribution in [0.3, 0.4) is 0 Å². The number of benzene rings is 5. The quantitative estimate of drug-likeness (QED) is 0.0281. The Bertz CT molecular complexity index is 3290. The molecule has 442 valence electrons. The van der Waals surface area contributed by atoms with E-state index in [4.69, 9.17) is 12.2 Å². The molecule has 0 radical (unpaired) electrons. The molecule has 4 aliphatic rings. The van der Waals surface area contributed by atoms with Gasteiger partial charge in [0.2, 0.25) is 37.8 Å². The van der Waals surface area contributed by atoms with Gasteiger partial charge in [0.1, 0.15) is 24.2 Å². The van der Waals surface area contributed by atoms with E-state index in [2.05, 4.69) is 44.0 Å². The minimum atomic E-state index is -3.91. The number of thiocarbonyl (C=S) groups is 1. The van der Waals surface area contributed by atoms with Crippen LogP contribution >= 0.6 is 12.2 Å². The zero-order valence-electron chi connectivity index (χ0n) is 46.7. The third kappa shape index (κ3) is 16.6. The molecule has 0 aromatic heterocycles. The molecule has 5 aromatic carbocycles. The smallest absolute Gasteiger partial charge is 0.326 e. The van der Waals surface area contributed by atoms with Crippen LogP contribution in [-0.4, -0.2) is 126 Å². The first-order valence-electron chi connectivity index (χ1n) is 28.3. The summed E-state index contributed by atoms with van der Waals surface area (Å²) in [4.78, 5) is 63.4. The van der Waals surface area contributed by atoms with Gasteiger partial charge < -0.3 is 42.1 Å². The summed E-state index contributed by atoms with van der Waals surface area (Å²) >= 11 is 5.38. The molecule has 4 fully saturated rings. The van der Waals surface area contributed by atoms with Gasteiger partial charge in [0.05, 0.1) is 15.8 Å². The summed E-state index contributed by atoms with van der Waals surface area (Å²) in [7, 11) is -7.80. The van der Waals surface area contributed by atoms with Crippen molar-refractivity contribution in [2.45, 2.75) is 143 Å². The Balaban J connectivity index is 0.000000217. The molecular formula is C61H74N8O11S3. The van der Waals surface area contributed by atoms with E-state index in [9.17, 15) is 51.0 Å². The molecular weight excluding hydrogens is 1120 g/mol. The maximum atomic E-state index is 13.2. The fourth-order valence-electron chi connectivity index (χ4n) is 11.2. The second-order valence-corrected chi connectivity index (χ2v) is 26.0. The fourth-order valence-corrected chi connectivity index (χ4v) is 14.7. The number of carboxylic acids is 2. The lowest BCUT2D eigenvalue weighted by atomic mass is 9.85. The summed E-state index contributed by atoms with van der Waals surface area (Å²) in [6, 6.07) is 33.0. The van der Waals surface area contributed by atoms with E-state index in [1.54, 1.807) is 72.8 Å². The predicted molar refractivity (Wildman–Crippen MR) is 321 cm³/mol. The number of nitrogens with one attached hydrogen (secondary N) is 6. The number of sulfonamides is 2. The van der Waals surface area contributed by atoms with Crippen LogP contribution in [0.5, 0.6) is 0 Å². The maximum Gasteiger partial charge on any atom is 0.326 e. The number of hydrogen-bond acceptors (Lipinski definition) is 11. The number of rotatable bonds is 21. The van der Waals surface area contributed by atoms with Gasteiger partial charge in [-0.2, -0.15) is 8.61 Å². The minimum Gasteiger partial charge on any atom is -0.480 e. The average molecular weight is 1190 g/mol. The maximum absolute atomic E-state index is 13.2. The van der Waals surface area contributed by atoms with Crippen molar-refractivity contribution >= 4 is 78.4 Å². The molecule has 3 aliphatic heterocycles. The highest BCUT2D eigenvalue weighted by Crippen LogP contribution is 2.34. The van der Waals surface area contributed by atoms with Crippen LogP contribution in [-0.2, 0) is 63.3 Å². The van der Waals surface area contributed by atoms with E-state index in [-0.39, 0.29) is 47.7 Å². The van der Waals surface area contributed by atoms with Gasteiger partial charge in [-0.1, -0.05) is 103 Å². The van der Waals surface area contributed by atoms with Crippen molar-refractivity contribution in [2.75, 3.05) is 30.3 Å². The standard InChI is InChI=1S/C31H36N4O5S2.C30H38N4O6S/c1-22-11-17-26(18-12-22)42(39,40)35-20-6-10-28(35)29(36)34-27(30(37)38)21-24-13-15-25(16-14-24)33-31(41)32-19-5-9-23-7-3-2-4-8-23;1-19-8-14-23(15-9-19)41(39,40)34-16-4-7-27(34)29(36)33-26(30(37)38)17-20-10-12-22(13-11-20)31-28(35)25-18-21-5-2-3-6-24(21)32-25/h2-4,7-8,11-18,27-28H,5-6,9-10,19-21H2,1H3,(H,34,36)(H,37,38)(H2,32,33,41);8-15,21,24-27,32H,2-7,16-18H2,1H3,(H,31,35)(H,33,36)(H,37,38)/t27-,28-;21?,24?,25?,26-,27-/m00/s1. The van der Waals surface area contributed by atoms with Crippen molar-refractivity contribution in [3.8, 4) is 0 Å². The van der Waals surface area contributed by atoms with E-state index in [0.717, 1.165) is 53.3 Å². The molecule has 8 N–H and O–H groups in total. The molecule has 83 heavy (non-hydrogen) atoms. The van der Waals surface area contributed by atoms with Crippen LogP contribution in [0.2, 0.25) is 0 Å². The molecule has 22 heteroatoms. The molecule has 7 atom stereocenters. The van der Waals surface area contributed by atoms with Gasteiger partial charge in [-0.3, -0.25) is 14.4 Å². The molecule has 3 amide bonds. The lowest BCUT2D eigenvalue weighted by molar-refractivity contribution is -0.142. The Morgan fingerprint density at radius 2 is 1.05 bits per heavy atom. The number of aliphatic carboxylic acids is 2. The molecule has 0 spiro atoms. The highest BCUT2D eigenvalue weighted by atomic mass is 32.2. The molecule has 1 aliphatic carbocycles. The molecule has 5 aromatic rings. The van der Waals surface area contributed by atoms with Crippen LogP contribution in [0.15, 0.2) is 137 Å². The summed E-state index contributed by atoms with van der Waals surface area (Å²) in [5, 5.41) is 38.0. The van der Waals surface area contributed by atoms with Gasteiger partial charge in [0.15, 0.2) is 5.11 Å². The number of amides is 3. The average Bonchev–Trinajstić information content (AvgIpc) is 4.51. The summed E-state index contributed by atoms with van der Waals surface area (Å²) in [5.74, 6) is -3.15. The summed E-state index contributed by atoms with van der Waals surface area (Å²) in [6.45, 7) is 4.83. The first kappa shape index (κ1) is 62.0. The zero-order valence-corrected chi connectivity index (χ0v) is 49.1. The number of fused-ring (bicyclic) bond motifs is 1. The highest BCUT2D eigenvalue weighted by molar-refractivity contribution is 7.89. The number of carbonyl (C=O) groups excluding carboxylic acids is 3. The first-order valence-corrected chi connectivity index (χ1v) is 31.6. The van der Waals surface area contributed by atoms with Crippen LogP contribution in [0.25, 0.3) is 0 Å². The number of carboxylic acid groups (broad SMARTS) is 2. The molecule has 0 bridgehead atoms. The monoisotopic (exact) mass is 1190 g/mol. The van der Waals surface area contributed by atoms with Gasteiger partial charge in [0, 0.05) is 49.9 Å². The largest absolute Gasteiger partial charge is 0.480 e.